The summed E-state index contributed by atoms with van der Waals surface area (Å²) in [5, 5.41) is 2.05. The van der Waals surface area contributed by atoms with Crippen LogP contribution in [-0.2, 0) is 10.9 Å². The fraction of sp³-hybridized carbons (Fsp3) is 0.421. The normalized spacial score (nSPS) is 21.6. The number of cyclic esters (lactones) is 1. The van der Waals surface area contributed by atoms with Crippen molar-refractivity contribution in [1.82, 2.24) is 9.97 Å². The van der Waals surface area contributed by atoms with E-state index in [4.69, 9.17) is 5.73 Å². The zero-order chi connectivity index (χ0) is 23.3. The summed E-state index contributed by atoms with van der Waals surface area (Å²) in [7, 11) is 0. The van der Waals surface area contributed by atoms with Gasteiger partial charge in [-0.05, 0) is 31.0 Å². The molecule has 2 aliphatic rings. The van der Waals surface area contributed by atoms with Crippen LogP contribution < -0.4 is 16.0 Å². The van der Waals surface area contributed by atoms with Crippen LogP contribution in [0, 0.1) is 0 Å². The highest BCUT2D eigenvalue weighted by Crippen LogP contribution is 2.46. The van der Waals surface area contributed by atoms with Crippen molar-refractivity contribution in [3.63, 3.8) is 0 Å². The molecule has 0 unspecified atom stereocenters. The van der Waals surface area contributed by atoms with Crippen molar-refractivity contribution in [2.45, 2.75) is 37.3 Å². The quantitative estimate of drug-likeness (QED) is 0.650. The van der Waals surface area contributed by atoms with Crippen molar-refractivity contribution in [2.24, 2.45) is 5.73 Å². The van der Waals surface area contributed by atoms with E-state index < -0.39 is 41.5 Å². The molecule has 2 aromatic heterocycles. The average molecular weight is 461 g/mol. The van der Waals surface area contributed by atoms with Crippen molar-refractivity contribution < 1.29 is 35.9 Å². The molecule has 4 heterocycles. The lowest BCUT2D eigenvalue weighted by Crippen LogP contribution is -2.43. The van der Waals surface area contributed by atoms with Crippen LogP contribution in [0.5, 0.6) is 0 Å². The highest BCUT2D eigenvalue weighted by molar-refractivity contribution is 5.89. The van der Waals surface area contributed by atoms with E-state index in [1.807, 2.05) is 0 Å². The Hall–Kier alpha value is -3.09. The van der Waals surface area contributed by atoms with Crippen LogP contribution in [0.3, 0.4) is 0 Å². The first-order valence-corrected chi connectivity index (χ1v) is 9.57. The summed E-state index contributed by atoms with van der Waals surface area (Å²) in [6.45, 7) is 0.660. The zero-order valence-electron chi connectivity index (χ0n) is 16.3. The molecule has 2 aromatic rings. The molecule has 0 saturated carbocycles. The number of hydrogen-bond donors (Lipinski definition) is 2. The first-order valence-electron chi connectivity index (χ1n) is 9.57. The predicted octanol–water partition coefficient (Wildman–Crippen LogP) is 4.26. The molecule has 0 bridgehead atoms. The number of fused-ring (bicyclic) bond motifs is 1. The molecule has 2 atom stereocenters. The van der Waals surface area contributed by atoms with Crippen molar-refractivity contribution in [3.8, 4) is 11.3 Å². The number of hydrogen-bond acceptors (Lipinski definition) is 6. The zero-order valence-corrected chi connectivity index (χ0v) is 16.3. The van der Waals surface area contributed by atoms with Gasteiger partial charge in [0.05, 0.1) is 16.8 Å². The number of carbonyl (C=O) groups is 1. The van der Waals surface area contributed by atoms with Crippen LogP contribution in [-0.4, -0.2) is 41.4 Å². The number of nitrogens with two attached hydrogens (primary N) is 1. The number of amides is 1. The highest BCUT2D eigenvalue weighted by atomic mass is 19.4. The van der Waals surface area contributed by atoms with Gasteiger partial charge in [-0.15, -0.1) is 0 Å². The Kier molecular flexibility index (Phi) is 5.39. The van der Waals surface area contributed by atoms with E-state index in [2.05, 4.69) is 20.0 Å². The van der Waals surface area contributed by atoms with Crippen LogP contribution in [0.4, 0.5) is 42.8 Å². The molecule has 7 nitrogen and oxygen atoms in total. The van der Waals surface area contributed by atoms with E-state index in [0.717, 1.165) is 18.3 Å². The minimum atomic E-state index is -5.02. The van der Waals surface area contributed by atoms with Crippen LogP contribution in [0.2, 0.25) is 0 Å². The molecule has 4 rings (SSSR count). The fourth-order valence-corrected chi connectivity index (χ4v) is 3.78. The van der Waals surface area contributed by atoms with Gasteiger partial charge in [0, 0.05) is 30.9 Å². The maximum Gasteiger partial charge on any atom is 0.430 e. The third-order valence-corrected chi connectivity index (χ3v) is 5.19. The Morgan fingerprint density at radius 2 is 1.94 bits per heavy atom. The molecule has 0 aliphatic carbocycles. The van der Waals surface area contributed by atoms with Crippen molar-refractivity contribution in [2.75, 3.05) is 23.3 Å². The van der Waals surface area contributed by atoms with Gasteiger partial charge < -0.3 is 15.4 Å². The molecule has 32 heavy (non-hydrogen) atoms. The fourth-order valence-electron chi connectivity index (χ4n) is 3.78. The van der Waals surface area contributed by atoms with Crippen LogP contribution >= 0.6 is 0 Å². The molecule has 172 valence electrons. The van der Waals surface area contributed by atoms with Crippen LogP contribution in [0.1, 0.15) is 30.1 Å². The van der Waals surface area contributed by atoms with Gasteiger partial charge in [-0.1, -0.05) is 0 Å². The Bertz CT molecular complexity index is 1040. The summed E-state index contributed by atoms with van der Waals surface area (Å²) >= 11 is 0. The predicted molar refractivity (Wildman–Crippen MR) is 101 cm³/mol. The summed E-state index contributed by atoms with van der Waals surface area (Å²) < 4.78 is 86.1. The molecule has 0 aromatic carbocycles. The van der Waals surface area contributed by atoms with E-state index in [-0.39, 0.29) is 29.7 Å². The van der Waals surface area contributed by atoms with Crippen LogP contribution in [0.25, 0.3) is 11.3 Å². The average Bonchev–Trinajstić information content (AvgIpc) is 2.71. The Morgan fingerprint density at radius 3 is 2.59 bits per heavy atom. The van der Waals surface area contributed by atoms with Gasteiger partial charge in [0.25, 0.3) is 0 Å². The SMILES string of the molecule is N[C@H]1CCCN(c2cc(C(F)(F)F)cc(-c3ccnc4c3[C@H](C(F)(F)F)OC(=O)N4)n2)C1. The molecular weight excluding hydrogens is 444 g/mol. The topological polar surface area (TPSA) is 93.4 Å². The number of alkyl halides is 6. The second-order valence-electron chi connectivity index (χ2n) is 7.52. The number of aromatic nitrogens is 2. The molecule has 3 N–H and O–H groups in total. The number of carbonyl (C=O) groups excluding carboxylic acids is 1. The number of halogens is 6. The standard InChI is InChI=1S/C19H17F6N5O2/c20-18(21,22)9-6-12(28-13(7-9)30-5-1-2-10(26)8-30)11-3-4-27-16-14(11)15(19(23,24)25)32-17(31)29-16/h3-4,6-7,10,15H,1-2,5,8,26H2,(H,27,29,31)/t10-,15+/m0/s1. The Labute approximate surface area is 177 Å². The van der Waals surface area contributed by atoms with Gasteiger partial charge in [0.15, 0.2) is 0 Å². The molecule has 0 spiro atoms. The number of piperidine rings is 1. The van der Waals surface area contributed by atoms with E-state index in [1.54, 1.807) is 4.90 Å². The van der Waals surface area contributed by atoms with E-state index in [1.165, 1.54) is 0 Å². The highest BCUT2D eigenvalue weighted by Gasteiger charge is 2.49. The second-order valence-corrected chi connectivity index (χ2v) is 7.52. The lowest BCUT2D eigenvalue weighted by atomic mass is 9.98. The molecule has 2 aliphatic heterocycles. The summed E-state index contributed by atoms with van der Waals surface area (Å²) in [6.07, 6.45) is -11.5. The van der Waals surface area contributed by atoms with E-state index in [0.29, 0.717) is 25.5 Å². The van der Waals surface area contributed by atoms with Crippen molar-refractivity contribution in [1.29, 1.82) is 0 Å². The van der Waals surface area contributed by atoms with Gasteiger partial charge in [0.2, 0.25) is 6.10 Å². The lowest BCUT2D eigenvalue weighted by molar-refractivity contribution is -0.206. The number of nitrogens with zero attached hydrogens (tertiary/aromatic N) is 3. The summed E-state index contributed by atoms with van der Waals surface area (Å²) in [6, 6.07) is 2.34. The molecule has 1 amide bonds. The van der Waals surface area contributed by atoms with Crippen molar-refractivity contribution in [3.05, 3.63) is 35.5 Å². The molecule has 0 radical (unpaired) electrons. The monoisotopic (exact) mass is 461 g/mol. The second kappa shape index (κ2) is 7.80. The largest absolute Gasteiger partial charge is 0.431 e. The number of rotatable bonds is 2. The third kappa shape index (κ3) is 4.29. The summed E-state index contributed by atoms with van der Waals surface area (Å²) in [5.41, 5.74) is 3.58. The third-order valence-electron chi connectivity index (χ3n) is 5.19. The summed E-state index contributed by atoms with van der Waals surface area (Å²) in [5.74, 6) is -0.512. The minimum absolute atomic E-state index is 0.0557. The molecule has 1 fully saturated rings. The van der Waals surface area contributed by atoms with Gasteiger partial charge in [0.1, 0.15) is 11.6 Å². The van der Waals surface area contributed by atoms with Gasteiger partial charge >= 0.3 is 18.4 Å². The molecular formula is C19H17F6N5O2. The van der Waals surface area contributed by atoms with E-state index >= 15 is 0 Å². The van der Waals surface area contributed by atoms with Crippen molar-refractivity contribution >= 4 is 17.7 Å². The number of nitrogens with one attached hydrogen (secondary N) is 1. The Morgan fingerprint density at radius 1 is 1.19 bits per heavy atom. The van der Waals surface area contributed by atoms with Crippen LogP contribution in [0.15, 0.2) is 24.4 Å². The number of pyridine rings is 2. The first kappa shape index (κ1) is 22.1. The first-order chi connectivity index (χ1) is 14.9. The van der Waals surface area contributed by atoms with E-state index in [9.17, 15) is 31.1 Å². The number of anilines is 2. The van der Waals surface area contributed by atoms with Gasteiger partial charge in [-0.25, -0.2) is 14.8 Å². The molecule has 13 heteroatoms. The lowest BCUT2D eigenvalue weighted by Gasteiger charge is -2.32. The molecule has 1 saturated heterocycles. The van der Waals surface area contributed by atoms with Gasteiger partial charge in [-0.3, -0.25) is 5.32 Å². The maximum atomic E-state index is 13.6. The Balaban J connectivity index is 1.90. The smallest absolute Gasteiger partial charge is 0.430 e. The maximum absolute atomic E-state index is 13.6. The summed E-state index contributed by atoms with van der Waals surface area (Å²) in [4.78, 5) is 21.1. The number of ether oxygens (including phenoxy) is 1. The van der Waals surface area contributed by atoms with Gasteiger partial charge in [-0.2, -0.15) is 26.3 Å². The minimum Gasteiger partial charge on any atom is -0.431 e.